The van der Waals surface area contributed by atoms with Gasteiger partial charge in [0.2, 0.25) is 0 Å². The summed E-state index contributed by atoms with van der Waals surface area (Å²) in [6, 6.07) is 1.92. The molecular weight excluding hydrogens is 156 g/mol. The predicted octanol–water partition coefficient (Wildman–Crippen LogP) is 0.519. The van der Waals surface area contributed by atoms with Crippen LogP contribution in [0.5, 0.6) is 0 Å². The summed E-state index contributed by atoms with van der Waals surface area (Å²) in [6.07, 6.45) is 0. The van der Waals surface area contributed by atoms with Crippen LogP contribution in [0.1, 0.15) is 6.92 Å². The van der Waals surface area contributed by atoms with Gasteiger partial charge in [-0.05, 0) is 6.92 Å². The van der Waals surface area contributed by atoms with Crippen LogP contribution in [0.25, 0.3) is 0 Å². The van der Waals surface area contributed by atoms with Gasteiger partial charge < -0.3 is 9.64 Å². The van der Waals surface area contributed by atoms with Gasteiger partial charge in [0, 0.05) is 14.1 Å². The van der Waals surface area contributed by atoms with Crippen LogP contribution in [0.2, 0.25) is 0 Å². The van der Waals surface area contributed by atoms with Crippen molar-refractivity contribution in [3.63, 3.8) is 0 Å². The van der Waals surface area contributed by atoms with Crippen molar-refractivity contribution in [2.24, 2.45) is 0 Å². The van der Waals surface area contributed by atoms with E-state index in [1.54, 1.807) is 25.9 Å². The Morgan fingerprint density at radius 3 is 2.25 bits per heavy atom. The molecule has 0 saturated heterocycles. The Kier molecular flexibility index (Phi) is 3.84. The first-order valence-electron chi connectivity index (χ1n) is 3.41. The molecule has 0 aliphatic carbocycles. The van der Waals surface area contributed by atoms with E-state index in [4.69, 9.17) is 5.26 Å². The summed E-state index contributed by atoms with van der Waals surface area (Å²) in [5.41, 5.74) is 0.645. The predicted molar refractivity (Wildman–Crippen MR) is 44.0 cm³/mol. The maximum atomic E-state index is 11.0. The monoisotopic (exact) mass is 168 g/mol. The Hall–Kier alpha value is -1.50. The second-order valence-electron chi connectivity index (χ2n) is 2.47. The zero-order valence-corrected chi connectivity index (χ0v) is 7.71. The summed E-state index contributed by atoms with van der Waals surface area (Å²) in [5, 5.41) is 8.65. The fraction of sp³-hybridized carbons (Fsp3) is 0.500. The molecule has 66 valence electrons. The Bertz CT molecular complexity index is 248. The van der Waals surface area contributed by atoms with Crippen molar-refractivity contribution >= 4 is 5.97 Å². The van der Waals surface area contributed by atoms with E-state index in [9.17, 15) is 4.79 Å². The third-order valence-corrected chi connectivity index (χ3v) is 1.40. The Balaban J connectivity index is 4.88. The van der Waals surface area contributed by atoms with Crippen LogP contribution in [-0.4, -0.2) is 32.1 Å². The van der Waals surface area contributed by atoms with Crippen molar-refractivity contribution in [1.82, 2.24) is 4.90 Å². The molecule has 0 unspecified atom stereocenters. The summed E-state index contributed by atoms with van der Waals surface area (Å²) < 4.78 is 4.47. The van der Waals surface area contributed by atoms with Crippen molar-refractivity contribution in [1.29, 1.82) is 5.26 Å². The van der Waals surface area contributed by atoms with E-state index in [2.05, 4.69) is 4.74 Å². The van der Waals surface area contributed by atoms with Crippen molar-refractivity contribution in [3.8, 4) is 6.07 Å². The SMILES string of the molecule is COC(=O)/C(C)=C(/C#N)N(C)C. The molecular formula is C8H12N2O2. The standard InChI is InChI=1S/C8H12N2O2/c1-6(8(11)12-4)7(5-9)10(2)3/h1-4H3/b7-6-. The van der Waals surface area contributed by atoms with E-state index in [1.807, 2.05) is 6.07 Å². The van der Waals surface area contributed by atoms with E-state index in [0.29, 0.717) is 11.3 Å². The van der Waals surface area contributed by atoms with Crippen LogP contribution in [0, 0.1) is 11.3 Å². The molecule has 0 bridgehead atoms. The minimum absolute atomic E-state index is 0.321. The molecule has 0 amide bonds. The van der Waals surface area contributed by atoms with Crippen LogP contribution >= 0.6 is 0 Å². The van der Waals surface area contributed by atoms with Gasteiger partial charge in [0.1, 0.15) is 11.8 Å². The molecule has 0 aromatic heterocycles. The first kappa shape index (κ1) is 10.5. The zero-order chi connectivity index (χ0) is 9.72. The summed E-state index contributed by atoms with van der Waals surface area (Å²) in [4.78, 5) is 12.5. The normalized spacial score (nSPS) is 11.2. The van der Waals surface area contributed by atoms with Gasteiger partial charge in [0.15, 0.2) is 0 Å². The van der Waals surface area contributed by atoms with Crippen LogP contribution in [0.4, 0.5) is 0 Å². The minimum Gasteiger partial charge on any atom is -0.466 e. The third-order valence-electron chi connectivity index (χ3n) is 1.40. The molecule has 0 aliphatic heterocycles. The van der Waals surface area contributed by atoms with Gasteiger partial charge in [-0.3, -0.25) is 0 Å². The Labute approximate surface area is 72.0 Å². The molecule has 0 atom stereocenters. The molecule has 0 heterocycles. The van der Waals surface area contributed by atoms with Crippen LogP contribution in [-0.2, 0) is 9.53 Å². The summed E-state index contributed by atoms with van der Waals surface area (Å²) in [6.45, 7) is 1.56. The van der Waals surface area contributed by atoms with Gasteiger partial charge >= 0.3 is 5.97 Å². The second kappa shape index (κ2) is 4.39. The van der Waals surface area contributed by atoms with Gasteiger partial charge in [-0.2, -0.15) is 5.26 Å². The molecule has 0 rings (SSSR count). The smallest absolute Gasteiger partial charge is 0.336 e. The minimum atomic E-state index is -0.472. The summed E-state index contributed by atoms with van der Waals surface area (Å²) in [7, 11) is 4.69. The maximum Gasteiger partial charge on any atom is 0.336 e. The lowest BCUT2D eigenvalue weighted by atomic mass is 10.2. The third kappa shape index (κ3) is 2.27. The number of methoxy groups -OCH3 is 1. The molecule has 4 heteroatoms. The molecule has 0 radical (unpaired) electrons. The highest BCUT2D eigenvalue weighted by molar-refractivity contribution is 5.89. The summed E-state index contributed by atoms with van der Waals surface area (Å²) in [5.74, 6) is -0.472. The topological polar surface area (TPSA) is 53.3 Å². The first-order valence-corrected chi connectivity index (χ1v) is 3.41. The molecule has 0 spiro atoms. The molecule has 0 saturated carbocycles. The van der Waals surface area contributed by atoms with Crippen molar-refractivity contribution in [2.75, 3.05) is 21.2 Å². The lowest BCUT2D eigenvalue weighted by Crippen LogP contribution is -2.15. The number of carbonyl (C=O) groups is 1. The number of nitriles is 1. The van der Waals surface area contributed by atoms with E-state index in [0.717, 1.165) is 0 Å². The number of allylic oxidation sites excluding steroid dienone is 1. The molecule has 0 aromatic rings. The highest BCUT2D eigenvalue weighted by atomic mass is 16.5. The second-order valence-corrected chi connectivity index (χ2v) is 2.47. The van der Waals surface area contributed by atoms with Crippen LogP contribution < -0.4 is 0 Å². The molecule has 0 aliphatic rings. The Morgan fingerprint density at radius 2 is 2.00 bits per heavy atom. The average molecular weight is 168 g/mol. The maximum absolute atomic E-state index is 11.0. The lowest BCUT2D eigenvalue weighted by Gasteiger charge is -2.12. The highest BCUT2D eigenvalue weighted by Gasteiger charge is 2.11. The van der Waals surface area contributed by atoms with E-state index in [-0.39, 0.29) is 0 Å². The van der Waals surface area contributed by atoms with Gasteiger partial charge in [0.05, 0.1) is 12.7 Å². The lowest BCUT2D eigenvalue weighted by molar-refractivity contribution is -0.136. The number of carbonyl (C=O) groups excluding carboxylic acids is 1. The highest BCUT2D eigenvalue weighted by Crippen LogP contribution is 2.06. The average Bonchev–Trinajstić information content (AvgIpc) is 2.03. The number of hydrogen-bond acceptors (Lipinski definition) is 4. The van der Waals surface area contributed by atoms with E-state index in [1.165, 1.54) is 7.11 Å². The Morgan fingerprint density at radius 1 is 1.50 bits per heavy atom. The largest absolute Gasteiger partial charge is 0.466 e. The van der Waals surface area contributed by atoms with E-state index >= 15 is 0 Å². The van der Waals surface area contributed by atoms with Gasteiger partial charge in [-0.25, -0.2) is 4.79 Å². The molecule has 12 heavy (non-hydrogen) atoms. The molecule has 4 nitrogen and oxygen atoms in total. The fourth-order valence-electron chi connectivity index (χ4n) is 0.769. The van der Waals surface area contributed by atoms with Crippen molar-refractivity contribution in [3.05, 3.63) is 11.3 Å². The quantitative estimate of drug-likeness (QED) is 0.342. The number of rotatable bonds is 2. The van der Waals surface area contributed by atoms with Gasteiger partial charge in [-0.15, -0.1) is 0 Å². The van der Waals surface area contributed by atoms with Crippen molar-refractivity contribution in [2.45, 2.75) is 6.92 Å². The number of esters is 1. The molecule has 0 N–H and O–H groups in total. The van der Waals surface area contributed by atoms with E-state index < -0.39 is 5.97 Å². The van der Waals surface area contributed by atoms with Gasteiger partial charge in [0.25, 0.3) is 0 Å². The number of hydrogen-bond donors (Lipinski definition) is 0. The first-order chi connectivity index (χ1) is 5.54. The molecule has 0 aromatic carbocycles. The summed E-state index contributed by atoms with van der Waals surface area (Å²) >= 11 is 0. The fourth-order valence-corrected chi connectivity index (χ4v) is 0.769. The van der Waals surface area contributed by atoms with Crippen LogP contribution in [0.3, 0.4) is 0 Å². The number of ether oxygens (including phenoxy) is 1. The number of nitrogens with zero attached hydrogens (tertiary/aromatic N) is 2. The van der Waals surface area contributed by atoms with Crippen molar-refractivity contribution < 1.29 is 9.53 Å². The van der Waals surface area contributed by atoms with Crippen LogP contribution in [0.15, 0.2) is 11.3 Å². The van der Waals surface area contributed by atoms with Gasteiger partial charge in [-0.1, -0.05) is 0 Å². The molecule has 0 fully saturated rings. The zero-order valence-electron chi connectivity index (χ0n) is 7.71.